The van der Waals surface area contributed by atoms with Gasteiger partial charge in [-0.25, -0.2) is 4.79 Å². The number of alkyl carbamates (subject to hydrolysis) is 1. The minimum absolute atomic E-state index is 0.0845. The third kappa shape index (κ3) is 5.10. The van der Waals surface area contributed by atoms with Crippen molar-refractivity contribution in [2.75, 3.05) is 6.54 Å². The first-order valence-corrected chi connectivity index (χ1v) is 11.0. The summed E-state index contributed by atoms with van der Waals surface area (Å²) in [5.74, 6) is -0.0845. The summed E-state index contributed by atoms with van der Waals surface area (Å²) in [4.78, 5) is 27.8. The normalized spacial score (nSPS) is 16.5. The second kappa shape index (κ2) is 9.02. The number of aromatic nitrogens is 2. The fourth-order valence-electron chi connectivity index (χ4n) is 3.97. The highest BCUT2D eigenvalue weighted by Crippen LogP contribution is 2.28. The molecule has 0 fully saturated rings. The molecule has 0 aliphatic carbocycles. The molecule has 7 heteroatoms. The van der Waals surface area contributed by atoms with E-state index in [1.807, 2.05) is 53.6 Å². The smallest absolute Gasteiger partial charge is 0.408 e. The average molecular weight is 435 g/mol. The number of amides is 2. The molecule has 0 bridgehead atoms. The molecule has 2 heterocycles. The van der Waals surface area contributed by atoms with Crippen LogP contribution in [0.15, 0.2) is 48.7 Å². The second-order valence-electron chi connectivity index (χ2n) is 9.57. The number of rotatable bonds is 5. The van der Waals surface area contributed by atoms with Crippen molar-refractivity contribution in [3.05, 3.63) is 65.4 Å². The first kappa shape index (κ1) is 21.9. The van der Waals surface area contributed by atoms with Gasteiger partial charge < -0.3 is 15.0 Å². The quantitative estimate of drug-likeness (QED) is 0.631. The maximum atomic E-state index is 13.4. The topological polar surface area (TPSA) is 87.3 Å². The zero-order valence-corrected chi connectivity index (χ0v) is 18.9. The number of fused-ring (bicyclic) bond motifs is 3. The van der Waals surface area contributed by atoms with Gasteiger partial charge in [0.25, 0.3) is 0 Å². The molecule has 168 valence electrons. The average Bonchev–Trinajstić information content (AvgIpc) is 3.19. The summed E-state index contributed by atoms with van der Waals surface area (Å²) in [5.41, 5.74) is 4.06. The van der Waals surface area contributed by atoms with Crippen LogP contribution in [0.1, 0.15) is 43.9 Å². The molecule has 2 amide bonds. The van der Waals surface area contributed by atoms with Gasteiger partial charge in [0.1, 0.15) is 12.6 Å². The lowest BCUT2D eigenvalue weighted by atomic mass is 9.92. The van der Waals surface area contributed by atoms with Crippen LogP contribution in [0, 0.1) is 5.41 Å². The van der Waals surface area contributed by atoms with Crippen LogP contribution in [-0.4, -0.2) is 39.7 Å². The molecular weight excluding hydrogens is 404 g/mol. The van der Waals surface area contributed by atoms with Gasteiger partial charge in [-0.1, -0.05) is 57.2 Å². The standard InChI is InChI=1S/C25H30N4O3/c1-25(2,3)11-12-29-15-20-18(9-10-21-19(20)14-26-28-21)13-22(23(29)30)27-24(31)32-16-17-7-5-4-6-8-17/h4-10,14,22H,11-13,15-16H2,1-3H3,(H,26,28)(H,27,31). The van der Waals surface area contributed by atoms with Crippen molar-refractivity contribution in [3.8, 4) is 0 Å². The van der Waals surface area contributed by atoms with Gasteiger partial charge in [0.2, 0.25) is 5.91 Å². The van der Waals surface area contributed by atoms with E-state index in [1.54, 1.807) is 0 Å². The molecule has 1 aromatic heterocycles. The molecule has 1 unspecified atom stereocenters. The Bertz CT molecular complexity index is 1100. The van der Waals surface area contributed by atoms with Crippen LogP contribution in [0.4, 0.5) is 4.79 Å². The van der Waals surface area contributed by atoms with Crippen LogP contribution in [-0.2, 0) is 29.1 Å². The third-order valence-corrected chi connectivity index (χ3v) is 5.85. The Morgan fingerprint density at radius 2 is 2.00 bits per heavy atom. The molecule has 2 aromatic carbocycles. The van der Waals surface area contributed by atoms with Crippen LogP contribution in [0.3, 0.4) is 0 Å². The number of hydrogen-bond donors (Lipinski definition) is 2. The second-order valence-corrected chi connectivity index (χ2v) is 9.57. The first-order chi connectivity index (χ1) is 15.3. The van der Waals surface area contributed by atoms with Gasteiger partial charge in [0.05, 0.1) is 11.7 Å². The highest BCUT2D eigenvalue weighted by molar-refractivity contribution is 5.89. The summed E-state index contributed by atoms with van der Waals surface area (Å²) in [6.07, 6.45) is 2.50. The zero-order valence-electron chi connectivity index (χ0n) is 18.9. The lowest BCUT2D eigenvalue weighted by Crippen LogP contribution is -2.48. The lowest BCUT2D eigenvalue weighted by molar-refractivity contribution is -0.133. The summed E-state index contributed by atoms with van der Waals surface area (Å²) in [7, 11) is 0. The molecule has 7 nitrogen and oxygen atoms in total. The molecule has 0 saturated carbocycles. The van der Waals surface area contributed by atoms with Crippen molar-refractivity contribution in [3.63, 3.8) is 0 Å². The molecule has 32 heavy (non-hydrogen) atoms. The molecular formula is C25H30N4O3. The summed E-state index contributed by atoms with van der Waals surface area (Å²) in [6, 6.07) is 12.8. The Morgan fingerprint density at radius 3 is 2.75 bits per heavy atom. The van der Waals surface area contributed by atoms with Crippen LogP contribution in [0.25, 0.3) is 10.9 Å². The van der Waals surface area contributed by atoms with Crippen LogP contribution in [0.5, 0.6) is 0 Å². The number of carbonyl (C=O) groups excluding carboxylic acids is 2. The Labute approximate surface area is 188 Å². The number of hydrogen-bond acceptors (Lipinski definition) is 4. The van der Waals surface area contributed by atoms with Crippen LogP contribution < -0.4 is 5.32 Å². The van der Waals surface area contributed by atoms with E-state index in [1.165, 1.54) is 0 Å². The summed E-state index contributed by atoms with van der Waals surface area (Å²) in [5, 5.41) is 11.0. The largest absolute Gasteiger partial charge is 0.445 e. The van der Waals surface area contributed by atoms with E-state index in [0.717, 1.165) is 34.0 Å². The predicted octanol–water partition coefficient (Wildman–Crippen LogP) is 4.18. The van der Waals surface area contributed by atoms with E-state index in [0.29, 0.717) is 19.5 Å². The number of ether oxygens (including phenoxy) is 1. The van der Waals surface area contributed by atoms with E-state index in [-0.39, 0.29) is 17.9 Å². The van der Waals surface area contributed by atoms with Crippen molar-refractivity contribution in [2.24, 2.45) is 5.41 Å². The Balaban J connectivity index is 1.55. The van der Waals surface area contributed by atoms with E-state index >= 15 is 0 Å². The van der Waals surface area contributed by atoms with Crippen molar-refractivity contribution in [1.29, 1.82) is 0 Å². The first-order valence-electron chi connectivity index (χ1n) is 11.0. The van der Waals surface area contributed by atoms with Gasteiger partial charge in [0.15, 0.2) is 0 Å². The number of nitrogens with zero attached hydrogens (tertiary/aromatic N) is 2. The number of carbonyl (C=O) groups is 2. The highest BCUT2D eigenvalue weighted by Gasteiger charge is 2.32. The zero-order chi connectivity index (χ0) is 22.7. The van der Waals surface area contributed by atoms with Crippen molar-refractivity contribution in [2.45, 2.75) is 52.8 Å². The fraction of sp³-hybridized carbons (Fsp3) is 0.400. The number of nitrogens with one attached hydrogen (secondary N) is 2. The molecule has 0 saturated heterocycles. The van der Waals surface area contributed by atoms with Gasteiger partial charge in [-0.15, -0.1) is 0 Å². The minimum atomic E-state index is -0.677. The molecule has 3 aromatic rings. The Kier molecular flexibility index (Phi) is 6.17. The van der Waals surface area contributed by atoms with Gasteiger partial charge in [0, 0.05) is 24.9 Å². The summed E-state index contributed by atoms with van der Waals surface area (Å²) in [6.45, 7) is 7.76. The predicted molar refractivity (Wildman–Crippen MR) is 123 cm³/mol. The SMILES string of the molecule is CC(C)(C)CCN1Cc2c(ccc3[nH]ncc23)CC(NC(=O)OCc2ccccc2)C1=O. The van der Waals surface area contributed by atoms with Crippen LogP contribution in [0.2, 0.25) is 0 Å². The highest BCUT2D eigenvalue weighted by atomic mass is 16.5. The number of H-pyrrole nitrogens is 1. The Morgan fingerprint density at radius 1 is 1.22 bits per heavy atom. The van der Waals surface area contributed by atoms with Crippen molar-refractivity contribution in [1.82, 2.24) is 20.4 Å². The minimum Gasteiger partial charge on any atom is -0.445 e. The molecule has 1 aliphatic rings. The Hall–Kier alpha value is -3.35. The van der Waals surface area contributed by atoms with E-state index in [9.17, 15) is 9.59 Å². The summed E-state index contributed by atoms with van der Waals surface area (Å²) < 4.78 is 5.38. The van der Waals surface area contributed by atoms with Crippen molar-refractivity contribution < 1.29 is 14.3 Å². The summed E-state index contributed by atoms with van der Waals surface area (Å²) >= 11 is 0. The molecule has 2 N–H and O–H groups in total. The van der Waals surface area contributed by atoms with Crippen LogP contribution >= 0.6 is 0 Å². The molecule has 1 atom stereocenters. The van der Waals surface area contributed by atoms with Gasteiger partial charge >= 0.3 is 6.09 Å². The maximum absolute atomic E-state index is 13.4. The van der Waals surface area contributed by atoms with Gasteiger partial charge in [-0.05, 0) is 34.6 Å². The molecule has 0 spiro atoms. The molecule has 4 rings (SSSR count). The van der Waals surface area contributed by atoms with Gasteiger partial charge in [-0.3, -0.25) is 9.89 Å². The van der Waals surface area contributed by atoms with E-state index < -0.39 is 12.1 Å². The molecule has 0 radical (unpaired) electrons. The van der Waals surface area contributed by atoms with Gasteiger partial charge in [-0.2, -0.15) is 5.10 Å². The molecule has 1 aliphatic heterocycles. The number of aromatic amines is 1. The van der Waals surface area contributed by atoms with E-state index in [2.05, 4.69) is 36.3 Å². The monoisotopic (exact) mass is 434 g/mol. The lowest BCUT2D eigenvalue weighted by Gasteiger charge is -2.28. The maximum Gasteiger partial charge on any atom is 0.408 e. The number of benzene rings is 2. The van der Waals surface area contributed by atoms with E-state index in [4.69, 9.17) is 4.74 Å². The fourth-order valence-corrected chi connectivity index (χ4v) is 3.97. The third-order valence-electron chi connectivity index (χ3n) is 5.85. The van der Waals surface area contributed by atoms with Crippen molar-refractivity contribution >= 4 is 22.9 Å².